The van der Waals surface area contributed by atoms with Gasteiger partial charge < -0.3 is 10.5 Å². The molecule has 0 fully saturated rings. The van der Waals surface area contributed by atoms with E-state index in [1.165, 1.54) is 0 Å². The van der Waals surface area contributed by atoms with E-state index in [4.69, 9.17) is 10.5 Å². The van der Waals surface area contributed by atoms with Crippen molar-refractivity contribution < 1.29 is 4.74 Å². The van der Waals surface area contributed by atoms with Crippen molar-refractivity contribution in [2.24, 2.45) is 5.73 Å². The molecular formula is C12H21N3O. The fourth-order valence-corrected chi connectivity index (χ4v) is 2.01. The summed E-state index contributed by atoms with van der Waals surface area (Å²) in [6.45, 7) is 6.84. The van der Waals surface area contributed by atoms with Crippen molar-refractivity contribution in [2.45, 2.75) is 45.3 Å². The van der Waals surface area contributed by atoms with E-state index >= 15 is 0 Å². The van der Waals surface area contributed by atoms with Gasteiger partial charge in [0, 0.05) is 19.0 Å². The Kier molecular flexibility index (Phi) is 4.83. The Morgan fingerprint density at radius 1 is 1.31 bits per heavy atom. The molecule has 0 aliphatic rings. The molecule has 4 nitrogen and oxygen atoms in total. The van der Waals surface area contributed by atoms with E-state index in [0.717, 1.165) is 18.5 Å². The lowest BCUT2D eigenvalue weighted by Gasteiger charge is -2.36. The number of rotatable bonds is 6. The van der Waals surface area contributed by atoms with Crippen LogP contribution in [0.3, 0.4) is 0 Å². The van der Waals surface area contributed by atoms with Gasteiger partial charge in [0.05, 0.1) is 23.5 Å². The van der Waals surface area contributed by atoms with E-state index in [0.29, 0.717) is 6.61 Å². The van der Waals surface area contributed by atoms with Crippen molar-refractivity contribution in [1.29, 1.82) is 0 Å². The maximum absolute atomic E-state index is 6.25. The Bertz CT molecular complexity index is 298. The molecule has 0 amide bonds. The van der Waals surface area contributed by atoms with E-state index in [-0.39, 0.29) is 11.6 Å². The second-order valence-corrected chi connectivity index (χ2v) is 3.81. The minimum Gasteiger partial charge on any atom is -0.373 e. The molecule has 0 saturated heterocycles. The third kappa shape index (κ3) is 2.57. The summed E-state index contributed by atoms with van der Waals surface area (Å²) >= 11 is 0. The van der Waals surface area contributed by atoms with Crippen molar-refractivity contribution >= 4 is 0 Å². The van der Waals surface area contributed by atoms with Crippen LogP contribution in [-0.4, -0.2) is 22.2 Å². The molecule has 16 heavy (non-hydrogen) atoms. The number of aromatic nitrogens is 2. The van der Waals surface area contributed by atoms with Gasteiger partial charge in [-0.3, -0.25) is 9.97 Å². The SMILES string of the molecule is CCOC(CC)(CC)C(N)c1cnccn1. The smallest absolute Gasteiger partial charge is 0.0884 e. The Morgan fingerprint density at radius 3 is 2.44 bits per heavy atom. The molecular weight excluding hydrogens is 202 g/mol. The molecule has 0 aliphatic carbocycles. The maximum Gasteiger partial charge on any atom is 0.0884 e. The molecule has 4 heteroatoms. The van der Waals surface area contributed by atoms with Gasteiger partial charge in [-0.2, -0.15) is 0 Å². The molecule has 1 atom stereocenters. The van der Waals surface area contributed by atoms with Crippen LogP contribution in [0.25, 0.3) is 0 Å². The lowest BCUT2D eigenvalue weighted by atomic mass is 9.87. The Balaban J connectivity index is 2.95. The zero-order valence-corrected chi connectivity index (χ0v) is 10.3. The summed E-state index contributed by atoms with van der Waals surface area (Å²) in [5.41, 5.74) is 6.72. The summed E-state index contributed by atoms with van der Waals surface area (Å²) in [5.74, 6) is 0. The number of hydrogen-bond donors (Lipinski definition) is 1. The molecule has 0 spiro atoms. The average Bonchev–Trinajstić information content (AvgIpc) is 2.36. The van der Waals surface area contributed by atoms with E-state index in [1.54, 1.807) is 18.6 Å². The Morgan fingerprint density at radius 2 is 2.00 bits per heavy atom. The highest BCUT2D eigenvalue weighted by Crippen LogP contribution is 2.32. The Labute approximate surface area is 97.2 Å². The second-order valence-electron chi connectivity index (χ2n) is 3.81. The molecule has 0 saturated carbocycles. The monoisotopic (exact) mass is 223 g/mol. The number of nitrogens with zero attached hydrogens (tertiary/aromatic N) is 2. The van der Waals surface area contributed by atoms with Gasteiger partial charge in [0.2, 0.25) is 0 Å². The van der Waals surface area contributed by atoms with Gasteiger partial charge in [-0.15, -0.1) is 0 Å². The van der Waals surface area contributed by atoms with Crippen LogP contribution in [0.4, 0.5) is 0 Å². The minimum atomic E-state index is -0.329. The van der Waals surface area contributed by atoms with Crippen molar-refractivity contribution in [1.82, 2.24) is 9.97 Å². The molecule has 90 valence electrons. The first-order valence-corrected chi connectivity index (χ1v) is 5.85. The minimum absolute atomic E-state index is 0.226. The molecule has 1 heterocycles. The molecule has 0 aliphatic heterocycles. The lowest BCUT2D eigenvalue weighted by molar-refractivity contribution is -0.0654. The highest BCUT2D eigenvalue weighted by atomic mass is 16.5. The summed E-state index contributed by atoms with van der Waals surface area (Å²) < 4.78 is 5.85. The fourth-order valence-electron chi connectivity index (χ4n) is 2.01. The summed E-state index contributed by atoms with van der Waals surface area (Å²) in [6, 6.07) is -0.226. The van der Waals surface area contributed by atoms with Gasteiger partial charge in [-0.05, 0) is 19.8 Å². The van der Waals surface area contributed by atoms with Gasteiger partial charge in [0.25, 0.3) is 0 Å². The summed E-state index contributed by atoms with van der Waals surface area (Å²) in [6.07, 6.45) is 6.77. The van der Waals surface area contributed by atoms with Crippen LogP contribution in [-0.2, 0) is 4.74 Å². The molecule has 1 rings (SSSR count). The van der Waals surface area contributed by atoms with Crippen molar-refractivity contribution in [3.8, 4) is 0 Å². The topological polar surface area (TPSA) is 61.0 Å². The average molecular weight is 223 g/mol. The van der Waals surface area contributed by atoms with E-state index in [2.05, 4.69) is 23.8 Å². The van der Waals surface area contributed by atoms with Gasteiger partial charge >= 0.3 is 0 Å². The fraction of sp³-hybridized carbons (Fsp3) is 0.667. The van der Waals surface area contributed by atoms with Crippen molar-refractivity contribution in [3.63, 3.8) is 0 Å². The second kappa shape index (κ2) is 5.92. The molecule has 0 radical (unpaired) electrons. The first-order chi connectivity index (χ1) is 7.70. The molecule has 0 aromatic carbocycles. The predicted octanol–water partition coefficient (Wildman–Crippen LogP) is 2.07. The van der Waals surface area contributed by atoms with Gasteiger partial charge in [0.15, 0.2) is 0 Å². The molecule has 2 N–H and O–H groups in total. The summed E-state index contributed by atoms with van der Waals surface area (Å²) in [7, 11) is 0. The number of ether oxygens (including phenoxy) is 1. The first-order valence-electron chi connectivity index (χ1n) is 5.85. The largest absolute Gasteiger partial charge is 0.373 e. The quantitative estimate of drug-likeness (QED) is 0.802. The first kappa shape index (κ1) is 13.1. The predicted molar refractivity (Wildman–Crippen MR) is 63.9 cm³/mol. The third-order valence-electron chi connectivity index (χ3n) is 3.10. The van der Waals surface area contributed by atoms with Crippen LogP contribution < -0.4 is 5.73 Å². The third-order valence-corrected chi connectivity index (χ3v) is 3.10. The molecule has 1 unspecified atom stereocenters. The van der Waals surface area contributed by atoms with E-state index < -0.39 is 0 Å². The van der Waals surface area contributed by atoms with Gasteiger partial charge in [-0.25, -0.2) is 0 Å². The Hall–Kier alpha value is -1.00. The van der Waals surface area contributed by atoms with Crippen molar-refractivity contribution in [2.75, 3.05) is 6.61 Å². The summed E-state index contributed by atoms with van der Waals surface area (Å²) in [4.78, 5) is 8.31. The van der Waals surface area contributed by atoms with Crippen LogP contribution in [0.1, 0.15) is 45.3 Å². The van der Waals surface area contributed by atoms with Crippen LogP contribution in [0, 0.1) is 0 Å². The van der Waals surface area contributed by atoms with Crippen LogP contribution >= 0.6 is 0 Å². The zero-order valence-electron chi connectivity index (χ0n) is 10.3. The van der Waals surface area contributed by atoms with Crippen LogP contribution in [0.15, 0.2) is 18.6 Å². The van der Waals surface area contributed by atoms with Gasteiger partial charge in [0.1, 0.15) is 0 Å². The number of nitrogens with two attached hydrogens (primary N) is 1. The van der Waals surface area contributed by atoms with E-state index in [1.807, 2.05) is 6.92 Å². The highest BCUT2D eigenvalue weighted by molar-refractivity contribution is 5.08. The molecule has 1 aromatic rings. The zero-order chi connectivity index (χ0) is 12.0. The lowest BCUT2D eigenvalue weighted by Crippen LogP contribution is -2.43. The number of hydrogen-bond acceptors (Lipinski definition) is 4. The maximum atomic E-state index is 6.25. The van der Waals surface area contributed by atoms with Crippen LogP contribution in [0.5, 0.6) is 0 Å². The molecule has 0 bridgehead atoms. The van der Waals surface area contributed by atoms with E-state index in [9.17, 15) is 0 Å². The highest BCUT2D eigenvalue weighted by Gasteiger charge is 2.35. The standard InChI is InChI=1S/C12H21N3O/c1-4-12(5-2,16-6-3)11(13)10-9-14-7-8-15-10/h7-9,11H,4-6,13H2,1-3H3. The molecule has 1 aromatic heterocycles. The van der Waals surface area contributed by atoms with Crippen LogP contribution in [0.2, 0.25) is 0 Å². The van der Waals surface area contributed by atoms with Gasteiger partial charge in [-0.1, -0.05) is 13.8 Å². The normalized spacial score (nSPS) is 13.8. The summed E-state index contributed by atoms with van der Waals surface area (Å²) in [5, 5.41) is 0. The van der Waals surface area contributed by atoms with Crippen molar-refractivity contribution in [3.05, 3.63) is 24.3 Å².